The summed E-state index contributed by atoms with van der Waals surface area (Å²) in [4.78, 5) is 14.0. The summed E-state index contributed by atoms with van der Waals surface area (Å²) in [6, 6.07) is 0. The second-order valence-corrected chi connectivity index (χ2v) is 5.42. The highest BCUT2D eigenvalue weighted by atomic mass is 16.5. The molecule has 0 unspecified atom stereocenters. The summed E-state index contributed by atoms with van der Waals surface area (Å²) in [6.07, 6.45) is 0. The summed E-state index contributed by atoms with van der Waals surface area (Å²) in [7, 11) is 0. The fourth-order valence-electron chi connectivity index (χ4n) is 1.71. The van der Waals surface area contributed by atoms with Crippen LogP contribution in [0.2, 0.25) is 0 Å². The van der Waals surface area contributed by atoms with Gasteiger partial charge in [0.05, 0.1) is 17.6 Å². The van der Waals surface area contributed by atoms with Crippen LogP contribution in [0.4, 0.5) is 0 Å². The van der Waals surface area contributed by atoms with E-state index in [1.165, 1.54) is 0 Å². The minimum Gasteiger partial charge on any atom is -0.372 e. The molecule has 0 aromatic rings. The zero-order chi connectivity index (χ0) is 11.7. The Labute approximate surface area is 91.8 Å². The third-order valence-electron chi connectivity index (χ3n) is 2.80. The van der Waals surface area contributed by atoms with Crippen molar-refractivity contribution in [3.8, 4) is 0 Å². The second kappa shape index (κ2) is 4.10. The van der Waals surface area contributed by atoms with Crippen LogP contribution in [0, 0.1) is 5.41 Å². The first-order valence-corrected chi connectivity index (χ1v) is 5.42. The van der Waals surface area contributed by atoms with E-state index in [1.54, 1.807) is 0 Å². The van der Waals surface area contributed by atoms with Crippen molar-refractivity contribution < 1.29 is 9.53 Å². The minimum atomic E-state index is -0.465. The van der Waals surface area contributed by atoms with Gasteiger partial charge >= 0.3 is 0 Å². The van der Waals surface area contributed by atoms with E-state index in [4.69, 9.17) is 10.5 Å². The Morgan fingerprint density at radius 3 is 2.60 bits per heavy atom. The Morgan fingerprint density at radius 2 is 2.13 bits per heavy atom. The van der Waals surface area contributed by atoms with Crippen molar-refractivity contribution in [2.75, 3.05) is 26.2 Å². The molecule has 1 aliphatic rings. The summed E-state index contributed by atoms with van der Waals surface area (Å²) in [5, 5.41) is 0. The molecule has 1 saturated heterocycles. The second-order valence-electron chi connectivity index (χ2n) is 5.42. The van der Waals surface area contributed by atoms with Gasteiger partial charge in [0.1, 0.15) is 0 Å². The van der Waals surface area contributed by atoms with Crippen molar-refractivity contribution in [1.29, 1.82) is 0 Å². The van der Waals surface area contributed by atoms with Crippen molar-refractivity contribution in [1.82, 2.24) is 4.90 Å². The first-order chi connectivity index (χ1) is 6.78. The zero-order valence-electron chi connectivity index (χ0n) is 10.2. The zero-order valence-corrected chi connectivity index (χ0v) is 10.2. The summed E-state index contributed by atoms with van der Waals surface area (Å²) in [6.45, 7) is 10.1. The van der Waals surface area contributed by atoms with E-state index in [0.29, 0.717) is 26.2 Å². The standard InChI is InChI=1S/C11H22N2O2/c1-10(2,7-12)9(14)13-5-6-15-11(3,4)8-13/h5-8,12H2,1-4H3. The molecular weight excluding hydrogens is 192 g/mol. The number of carbonyl (C=O) groups is 1. The van der Waals surface area contributed by atoms with Gasteiger partial charge in [0.2, 0.25) is 5.91 Å². The van der Waals surface area contributed by atoms with E-state index >= 15 is 0 Å². The van der Waals surface area contributed by atoms with Crippen LogP contribution < -0.4 is 5.73 Å². The van der Waals surface area contributed by atoms with Crippen molar-refractivity contribution in [3.63, 3.8) is 0 Å². The molecule has 0 aromatic heterocycles. The molecule has 0 bridgehead atoms. The smallest absolute Gasteiger partial charge is 0.229 e. The number of ether oxygens (including phenoxy) is 1. The SMILES string of the molecule is CC1(C)CN(C(=O)C(C)(C)CN)CCO1. The largest absolute Gasteiger partial charge is 0.372 e. The molecule has 1 heterocycles. The van der Waals surface area contributed by atoms with Gasteiger partial charge in [-0.1, -0.05) is 0 Å². The van der Waals surface area contributed by atoms with Crippen LogP contribution in [-0.4, -0.2) is 42.6 Å². The van der Waals surface area contributed by atoms with Crippen molar-refractivity contribution in [2.24, 2.45) is 11.1 Å². The van der Waals surface area contributed by atoms with Crippen LogP contribution in [0.15, 0.2) is 0 Å². The molecule has 0 atom stereocenters. The first kappa shape index (κ1) is 12.5. The fraction of sp³-hybridized carbons (Fsp3) is 0.909. The summed E-state index contributed by atoms with van der Waals surface area (Å²) in [5.41, 5.74) is 4.90. The van der Waals surface area contributed by atoms with Gasteiger partial charge in [0.25, 0.3) is 0 Å². The van der Waals surface area contributed by atoms with Gasteiger partial charge in [-0.15, -0.1) is 0 Å². The molecule has 1 rings (SSSR count). The maximum Gasteiger partial charge on any atom is 0.229 e. The van der Waals surface area contributed by atoms with Crippen molar-refractivity contribution >= 4 is 5.91 Å². The molecular formula is C11H22N2O2. The molecule has 1 amide bonds. The Kier molecular flexibility index (Phi) is 3.41. The summed E-state index contributed by atoms with van der Waals surface area (Å²) in [5.74, 6) is 0.126. The quantitative estimate of drug-likeness (QED) is 0.732. The van der Waals surface area contributed by atoms with E-state index < -0.39 is 5.41 Å². The van der Waals surface area contributed by atoms with E-state index in [-0.39, 0.29) is 11.5 Å². The minimum absolute atomic E-state index is 0.126. The Balaban J connectivity index is 2.68. The molecule has 1 fully saturated rings. The number of rotatable bonds is 2. The molecule has 0 aliphatic carbocycles. The van der Waals surface area contributed by atoms with E-state index in [1.807, 2.05) is 32.6 Å². The molecule has 0 saturated carbocycles. The van der Waals surface area contributed by atoms with Gasteiger partial charge in [-0.3, -0.25) is 4.79 Å². The Hall–Kier alpha value is -0.610. The lowest BCUT2D eigenvalue weighted by Gasteiger charge is -2.41. The van der Waals surface area contributed by atoms with Gasteiger partial charge in [0.15, 0.2) is 0 Å². The van der Waals surface area contributed by atoms with Gasteiger partial charge in [-0.2, -0.15) is 0 Å². The lowest BCUT2D eigenvalue weighted by atomic mass is 9.91. The van der Waals surface area contributed by atoms with Crippen LogP contribution in [-0.2, 0) is 9.53 Å². The number of carbonyl (C=O) groups excluding carboxylic acids is 1. The molecule has 0 radical (unpaired) electrons. The van der Waals surface area contributed by atoms with Crippen molar-refractivity contribution in [3.05, 3.63) is 0 Å². The highest BCUT2D eigenvalue weighted by molar-refractivity contribution is 5.82. The average Bonchev–Trinajstić information content (AvgIpc) is 2.15. The van der Waals surface area contributed by atoms with Gasteiger partial charge in [-0.05, 0) is 27.7 Å². The monoisotopic (exact) mass is 214 g/mol. The topological polar surface area (TPSA) is 55.6 Å². The highest BCUT2D eigenvalue weighted by Gasteiger charge is 2.36. The maximum atomic E-state index is 12.1. The average molecular weight is 214 g/mol. The fourth-order valence-corrected chi connectivity index (χ4v) is 1.71. The number of hydrogen-bond acceptors (Lipinski definition) is 3. The molecule has 2 N–H and O–H groups in total. The lowest BCUT2D eigenvalue weighted by Crippen LogP contribution is -2.54. The van der Waals surface area contributed by atoms with E-state index in [2.05, 4.69) is 0 Å². The number of amides is 1. The number of morpholine rings is 1. The predicted molar refractivity (Wildman–Crippen MR) is 59.4 cm³/mol. The maximum absolute atomic E-state index is 12.1. The predicted octanol–water partition coefficient (Wildman–Crippen LogP) is 0.609. The lowest BCUT2D eigenvalue weighted by molar-refractivity contribution is -0.154. The van der Waals surface area contributed by atoms with Gasteiger partial charge < -0.3 is 15.4 Å². The number of hydrogen-bond donors (Lipinski definition) is 1. The van der Waals surface area contributed by atoms with Crippen LogP contribution in [0.25, 0.3) is 0 Å². The van der Waals surface area contributed by atoms with Crippen molar-refractivity contribution in [2.45, 2.75) is 33.3 Å². The van der Waals surface area contributed by atoms with Crippen LogP contribution >= 0.6 is 0 Å². The Morgan fingerprint density at radius 1 is 1.53 bits per heavy atom. The normalized spacial score (nSPS) is 21.5. The van der Waals surface area contributed by atoms with Crippen LogP contribution in [0.5, 0.6) is 0 Å². The highest BCUT2D eigenvalue weighted by Crippen LogP contribution is 2.22. The Bertz CT molecular complexity index is 249. The van der Waals surface area contributed by atoms with Gasteiger partial charge in [-0.25, -0.2) is 0 Å². The van der Waals surface area contributed by atoms with E-state index in [9.17, 15) is 4.79 Å². The third-order valence-corrected chi connectivity index (χ3v) is 2.80. The number of nitrogens with two attached hydrogens (primary N) is 1. The molecule has 88 valence electrons. The first-order valence-electron chi connectivity index (χ1n) is 5.42. The molecule has 1 aliphatic heterocycles. The molecule has 15 heavy (non-hydrogen) atoms. The molecule has 4 nitrogen and oxygen atoms in total. The van der Waals surface area contributed by atoms with Gasteiger partial charge in [0, 0.05) is 19.6 Å². The molecule has 0 aromatic carbocycles. The van der Waals surface area contributed by atoms with Crippen LogP contribution in [0.1, 0.15) is 27.7 Å². The van der Waals surface area contributed by atoms with E-state index in [0.717, 1.165) is 0 Å². The number of nitrogens with zero attached hydrogens (tertiary/aromatic N) is 1. The summed E-state index contributed by atoms with van der Waals surface area (Å²) < 4.78 is 5.57. The van der Waals surface area contributed by atoms with Crippen LogP contribution in [0.3, 0.4) is 0 Å². The third kappa shape index (κ3) is 2.92. The molecule has 0 spiro atoms. The summed E-state index contributed by atoms with van der Waals surface area (Å²) >= 11 is 0. The molecule has 4 heteroatoms.